The first kappa shape index (κ1) is 11.9. The number of aromatic nitrogens is 2. The maximum absolute atomic E-state index is 8.77. The van der Waals surface area contributed by atoms with E-state index >= 15 is 0 Å². The monoisotopic (exact) mass is 209 g/mol. The molecule has 0 atom stereocenters. The Kier molecular flexibility index (Phi) is 4.49. The summed E-state index contributed by atoms with van der Waals surface area (Å²) in [6, 6.07) is 0. The highest BCUT2D eigenvalue weighted by Crippen LogP contribution is 2.22. The van der Waals surface area contributed by atoms with E-state index in [1.807, 2.05) is 0 Å². The molecule has 0 fully saturated rings. The lowest BCUT2D eigenvalue weighted by molar-refractivity contribution is 0.248. The summed E-state index contributed by atoms with van der Waals surface area (Å²) < 4.78 is 0. The lowest BCUT2D eigenvalue weighted by atomic mass is 9.88. The summed E-state index contributed by atoms with van der Waals surface area (Å²) in [5, 5.41) is 12.0. The van der Waals surface area contributed by atoms with Crippen molar-refractivity contribution in [2.24, 2.45) is 5.41 Å². The van der Waals surface area contributed by atoms with Crippen molar-refractivity contribution in [3.63, 3.8) is 0 Å². The van der Waals surface area contributed by atoms with E-state index in [2.05, 4.69) is 29.1 Å². The molecule has 2 N–H and O–H groups in total. The molecule has 0 aliphatic rings. The van der Waals surface area contributed by atoms with E-state index in [1.165, 1.54) is 0 Å². The van der Waals surface area contributed by atoms with Crippen LogP contribution in [0.25, 0.3) is 0 Å². The van der Waals surface area contributed by atoms with Gasteiger partial charge in [0.05, 0.1) is 6.20 Å². The number of nitrogens with zero attached hydrogens (tertiary/aromatic N) is 2. The zero-order valence-corrected chi connectivity index (χ0v) is 9.40. The van der Waals surface area contributed by atoms with Crippen LogP contribution in [0.3, 0.4) is 0 Å². The van der Waals surface area contributed by atoms with Gasteiger partial charge in [0.25, 0.3) is 0 Å². The summed E-state index contributed by atoms with van der Waals surface area (Å²) in [5.74, 6) is 0.801. The van der Waals surface area contributed by atoms with Crippen LogP contribution in [-0.4, -0.2) is 28.2 Å². The molecule has 0 aliphatic heterocycles. The lowest BCUT2D eigenvalue weighted by Crippen LogP contribution is -2.23. The zero-order chi connectivity index (χ0) is 11.1. The second-order valence-corrected chi connectivity index (χ2v) is 4.44. The van der Waals surface area contributed by atoms with Crippen molar-refractivity contribution >= 4 is 5.82 Å². The van der Waals surface area contributed by atoms with Crippen molar-refractivity contribution in [1.82, 2.24) is 9.97 Å². The Morgan fingerprint density at radius 1 is 1.40 bits per heavy atom. The first-order valence-corrected chi connectivity index (χ1v) is 5.25. The van der Waals surface area contributed by atoms with Crippen molar-refractivity contribution in [3.05, 3.63) is 18.6 Å². The fourth-order valence-corrected chi connectivity index (χ4v) is 1.37. The van der Waals surface area contributed by atoms with Gasteiger partial charge >= 0.3 is 0 Å². The summed E-state index contributed by atoms with van der Waals surface area (Å²) in [7, 11) is 0. The van der Waals surface area contributed by atoms with Crippen LogP contribution in [0.4, 0.5) is 5.82 Å². The Balaban J connectivity index is 2.35. The molecular weight excluding hydrogens is 190 g/mol. The van der Waals surface area contributed by atoms with E-state index in [0.717, 1.165) is 25.2 Å². The second-order valence-electron chi connectivity index (χ2n) is 4.44. The molecule has 4 heteroatoms. The van der Waals surface area contributed by atoms with Crippen molar-refractivity contribution in [2.75, 3.05) is 18.5 Å². The highest BCUT2D eigenvalue weighted by atomic mass is 16.2. The van der Waals surface area contributed by atoms with Crippen LogP contribution in [0.15, 0.2) is 18.6 Å². The molecule has 1 aromatic rings. The van der Waals surface area contributed by atoms with Gasteiger partial charge in [0, 0.05) is 25.5 Å². The molecule has 1 aromatic heterocycles. The van der Waals surface area contributed by atoms with Gasteiger partial charge in [-0.3, -0.25) is 4.98 Å². The number of nitrogens with one attached hydrogen (secondary N) is 1. The van der Waals surface area contributed by atoms with Crippen LogP contribution < -0.4 is 5.32 Å². The predicted molar refractivity (Wildman–Crippen MR) is 60.6 cm³/mol. The summed E-state index contributed by atoms with van der Waals surface area (Å²) in [6.07, 6.45) is 6.87. The standard InChI is InChI=1S/C11H19N3O/c1-11(2,4-3-7-15)9-14-10-8-12-5-6-13-10/h5-6,8,15H,3-4,7,9H2,1-2H3,(H,13,14). The first-order chi connectivity index (χ1) is 7.14. The third-order valence-corrected chi connectivity index (χ3v) is 2.32. The number of hydrogen-bond acceptors (Lipinski definition) is 4. The second kappa shape index (κ2) is 5.66. The maximum Gasteiger partial charge on any atom is 0.144 e. The van der Waals surface area contributed by atoms with Gasteiger partial charge in [-0.25, -0.2) is 4.98 Å². The Bertz CT molecular complexity index is 274. The van der Waals surface area contributed by atoms with Gasteiger partial charge in [-0.2, -0.15) is 0 Å². The highest BCUT2D eigenvalue weighted by Gasteiger charge is 2.16. The zero-order valence-electron chi connectivity index (χ0n) is 9.40. The van der Waals surface area contributed by atoms with Crippen molar-refractivity contribution in [1.29, 1.82) is 0 Å². The molecule has 0 unspecified atom stereocenters. The van der Waals surface area contributed by atoms with Crippen LogP contribution in [0.2, 0.25) is 0 Å². The molecule has 0 aliphatic carbocycles. The van der Waals surface area contributed by atoms with Crippen molar-refractivity contribution in [3.8, 4) is 0 Å². The summed E-state index contributed by atoms with van der Waals surface area (Å²) in [5.41, 5.74) is 0.167. The van der Waals surface area contributed by atoms with Gasteiger partial charge in [-0.15, -0.1) is 0 Å². The smallest absolute Gasteiger partial charge is 0.144 e. The summed E-state index contributed by atoms with van der Waals surface area (Å²) in [6.45, 7) is 5.44. The molecule has 4 nitrogen and oxygen atoms in total. The molecule has 0 saturated heterocycles. The Morgan fingerprint density at radius 2 is 2.20 bits per heavy atom. The van der Waals surface area contributed by atoms with E-state index in [0.29, 0.717) is 0 Å². The van der Waals surface area contributed by atoms with E-state index in [1.54, 1.807) is 18.6 Å². The van der Waals surface area contributed by atoms with Crippen LogP contribution in [0.5, 0.6) is 0 Å². The molecular formula is C11H19N3O. The van der Waals surface area contributed by atoms with E-state index in [4.69, 9.17) is 5.11 Å². The molecule has 0 spiro atoms. The number of rotatable bonds is 6. The molecule has 0 saturated carbocycles. The number of aliphatic hydroxyl groups excluding tert-OH is 1. The van der Waals surface area contributed by atoms with Crippen LogP contribution in [0, 0.1) is 5.41 Å². The van der Waals surface area contributed by atoms with Crippen LogP contribution in [0.1, 0.15) is 26.7 Å². The van der Waals surface area contributed by atoms with Gasteiger partial charge in [0.2, 0.25) is 0 Å². The molecule has 0 bridgehead atoms. The Morgan fingerprint density at radius 3 is 2.80 bits per heavy atom. The maximum atomic E-state index is 8.77. The lowest BCUT2D eigenvalue weighted by Gasteiger charge is -2.24. The number of anilines is 1. The quantitative estimate of drug-likeness (QED) is 0.748. The summed E-state index contributed by atoms with van der Waals surface area (Å²) >= 11 is 0. The SMILES string of the molecule is CC(C)(CCCO)CNc1cnccn1. The minimum Gasteiger partial charge on any atom is -0.396 e. The molecule has 1 rings (SSSR count). The van der Waals surface area contributed by atoms with Gasteiger partial charge < -0.3 is 10.4 Å². The van der Waals surface area contributed by atoms with Gasteiger partial charge in [-0.05, 0) is 18.3 Å². The van der Waals surface area contributed by atoms with Crippen LogP contribution >= 0.6 is 0 Å². The Hall–Kier alpha value is -1.16. The van der Waals surface area contributed by atoms with Crippen molar-refractivity contribution < 1.29 is 5.11 Å². The fraction of sp³-hybridized carbons (Fsp3) is 0.636. The van der Waals surface area contributed by atoms with Gasteiger partial charge in [-0.1, -0.05) is 13.8 Å². The van der Waals surface area contributed by atoms with E-state index in [-0.39, 0.29) is 12.0 Å². The topological polar surface area (TPSA) is 58.0 Å². The molecule has 1 heterocycles. The van der Waals surface area contributed by atoms with Crippen molar-refractivity contribution in [2.45, 2.75) is 26.7 Å². The minimum absolute atomic E-state index is 0.167. The largest absolute Gasteiger partial charge is 0.396 e. The third-order valence-electron chi connectivity index (χ3n) is 2.32. The molecule has 15 heavy (non-hydrogen) atoms. The predicted octanol–water partition coefficient (Wildman–Crippen LogP) is 1.69. The summed E-state index contributed by atoms with van der Waals surface area (Å²) in [4.78, 5) is 8.12. The van der Waals surface area contributed by atoms with Gasteiger partial charge in [0.15, 0.2) is 0 Å². The first-order valence-electron chi connectivity index (χ1n) is 5.25. The van der Waals surface area contributed by atoms with Gasteiger partial charge in [0.1, 0.15) is 5.82 Å². The number of hydrogen-bond donors (Lipinski definition) is 2. The third kappa shape index (κ3) is 4.74. The Labute approximate surface area is 90.8 Å². The molecule has 0 aromatic carbocycles. The van der Waals surface area contributed by atoms with Crippen LogP contribution in [-0.2, 0) is 0 Å². The normalized spacial score (nSPS) is 11.4. The molecule has 84 valence electrons. The average molecular weight is 209 g/mol. The molecule has 0 radical (unpaired) electrons. The molecule has 0 amide bonds. The average Bonchev–Trinajstić information content (AvgIpc) is 2.25. The van der Waals surface area contributed by atoms with E-state index in [9.17, 15) is 0 Å². The fourth-order valence-electron chi connectivity index (χ4n) is 1.37. The minimum atomic E-state index is 0.167. The highest BCUT2D eigenvalue weighted by molar-refractivity contribution is 5.29. The van der Waals surface area contributed by atoms with E-state index < -0.39 is 0 Å². The number of aliphatic hydroxyl groups is 1.